The molecule has 1 aromatic carbocycles. The van der Waals surface area contributed by atoms with Crippen LogP contribution in [0, 0.1) is 6.92 Å². The Bertz CT molecular complexity index is 503. The molecular weight excluding hydrogens is 224 g/mol. The zero-order chi connectivity index (χ0) is 13.0. The highest BCUT2D eigenvalue weighted by molar-refractivity contribution is 5.45. The van der Waals surface area contributed by atoms with Gasteiger partial charge in [0.1, 0.15) is 11.5 Å². The summed E-state index contributed by atoms with van der Waals surface area (Å²) >= 11 is 0. The summed E-state index contributed by atoms with van der Waals surface area (Å²) < 4.78 is 5.53. The molecule has 0 fully saturated rings. The van der Waals surface area contributed by atoms with Crippen LogP contribution in [0.5, 0.6) is 0 Å². The predicted molar refractivity (Wildman–Crippen MR) is 74.6 cm³/mol. The fourth-order valence-corrected chi connectivity index (χ4v) is 1.91. The largest absolute Gasteiger partial charge is 0.465 e. The summed E-state index contributed by atoms with van der Waals surface area (Å²) in [5.41, 5.74) is 2.43. The van der Waals surface area contributed by atoms with E-state index in [1.54, 1.807) is 0 Å². The molecule has 0 atom stereocenters. The van der Waals surface area contributed by atoms with E-state index in [-0.39, 0.29) is 0 Å². The minimum Gasteiger partial charge on any atom is -0.465 e. The van der Waals surface area contributed by atoms with E-state index in [2.05, 4.69) is 48.6 Å². The van der Waals surface area contributed by atoms with Gasteiger partial charge in [0, 0.05) is 12.2 Å². The van der Waals surface area contributed by atoms with Crippen molar-refractivity contribution >= 4 is 5.69 Å². The van der Waals surface area contributed by atoms with Crippen LogP contribution < -0.4 is 5.32 Å². The average Bonchev–Trinajstić information content (AvgIpc) is 2.72. The monoisotopic (exact) mass is 244 g/mol. The Morgan fingerprint density at radius 1 is 1.17 bits per heavy atom. The van der Waals surface area contributed by atoms with Crippen molar-refractivity contribution < 1.29 is 4.42 Å². The SMILES string of the molecule is Cc1ccc(CNc2cccc(CN(C)C)c2)o1. The molecule has 0 bridgehead atoms. The molecule has 0 aliphatic heterocycles. The lowest BCUT2D eigenvalue weighted by atomic mass is 10.2. The molecule has 3 nitrogen and oxygen atoms in total. The Balaban J connectivity index is 1.96. The molecule has 1 N–H and O–H groups in total. The molecular formula is C15H20N2O. The highest BCUT2D eigenvalue weighted by Crippen LogP contribution is 2.14. The van der Waals surface area contributed by atoms with E-state index < -0.39 is 0 Å². The van der Waals surface area contributed by atoms with Gasteiger partial charge in [-0.2, -0.15) is 0 Å². The fraction of sp³-hybridized carbons (Fsp3) is 0.333. The van der Waals surface area contributed by atoms with E-state index in [1.165, 1.54) is 5.56 Å². The second-order valence-electron chi connectivity index (χ2n) is 4.80. The lowest BCUT2D eigenvalue weighted by molar-refractivity contribution is 0.402. The van der Waals surface area contributed by atoms with Gasteiger partial charge < -0.3 is 14.6 Å². The number of nitrogens with one attached hydrogen (secondary N) is 1. The van der Waals surface area contributed by atoms with Gasteiger partial charge in [0.05, 0.1) is 6.54 Å². The third kappa shape index (κ3) is 3.64. The van der Waals surface area contributed by atoms with Gasteiger partial charge in [-0.25, -0.2) is 0 Å². The zero-order valence-electron chi connectivity index (χ0n) is 11.2. The molecule has 0 aliphatic carbocycles. The number of rotatable bonds is 5. The summed E-state index contributed by atoms with van der Waals surface area (Å²) in [5, 5.41) is 3.38. The van der Waals surface area contributed by atoms with Crippen molar-refractivity contribution in [1.82, 2.24) is 4.90 Å². The Morgan fingerprint density at radius 2 is 2.00 bits per heavy atom. The van der Waals surface area contributed by atoms with Crippen LogP contribution in [0.4, 0.5) is 5.69 Å². The van der Waals surface area contributed by atoms with Crippen molar-refractivity contribution in [3.63, 3.8) is 0 Å². The van der Waals surface area contributed by atoms with E-state index in [0.717, 1.165) is 30.3 Å². The number of hydrogen-bond donors (Lipinski definition) is 1. The van der Waals surface area contributed by atoms with Gasteiger partial charge in [-0.3, -0.25) is 0 Å². The number of aryl methyl sites for hydroxylation is 1. The van der Waals surface area contributed by atoms with Crippen LogP contribution in [0.15, 0.2) is 40.8 Å². The Morgan fingerprint density at radius 3 is 2.67 bits per heavy atom. The smallest absolute Gasteiger partial charge is 0.123 e. The molecule has 3 heteroatoms. The number of benzene rings is 1. The van der Waals surface area contributed by atoms with Crippen LogP contribution in [0.2, 0.25) is 0 Å². The molecule has 0 saturated heterocycles. The van der Waals surface area contributed by atoms with Gasteiger partial charge in [-0.05, 0) is 50.8 Å². The first-order valence-electron chi connectivity index (χ1n) is 6.16. The molecule has 96 valence electrons. The first-order chi connectivity index (χ1) is 8.63. The third-order valence-electron chi connectivity index (χ3n) is 2.69. The van der Waals surface area contributed by atoms with E-state index in [0.29, 0.717) is 0 Å². The summed E-state index contributed by atoms with van der Waals surface area (Å²) in [6, 6.07) is 12.5. The maximum atomic E-state index is 5.53. The summed E-state index contributed by atoms with van der Waals surface area (Å²) in [4.78, 5) is 2.16. The quantitative estimate of drug-likeness (QED) is 0.875. The Kier molecular flexibility index (Phi) is 4.05. The second-order valence-corrected chi connectivity index (χ2v) is 4.80. The topological polar surface area (TPSA) is 28.4 Å². The van der Waals surface area contributed by atoms with Crippen LogP contribution >= 0.6 is 0 Å². The molecule has 0 saturated carbocycles. The van der Waals surface area contributed by atoms with E-state index >= 15 is 0 Å². The van der Waals surface area contributed by atoms with Crippen LogP contribution in [-0.4, -0.2) is 19.0 Å². The summed E-state index contributed by atoms with van der Waals surface area (Å²) in [6.45, 7) is 3.63. The Hall–Kier alpha value is -1.74. The molecule has 0 aliphatic rings. The van der Waals surface area contributed by atoms with E-state index in [1.807, 2.05) is 19.1 Å². The minimum absolute atomic E-state index is 0.721. The van der Waals surface area contributed by atoms with Gasteiger partial charge in [0.2, 0.25) is 0 Å². The highest BCUT2D eigenvalue weighted by Gasteiger charge is 2.00. The maximum Gasteiger partial charge on any atom is 0.123 e. The van der Waals surface area contributed by atoms with Gasteiger partial charge in [0.25, 0.3) is 0 Å². The standard InChI is InChI=1S/C15H20N2O/c1-12-7-8-15(18-12)10-16-14-6-4-5-13(9-14)11-17(2)3/h4-9,16H,10-11H2,1-3H3. The van der Waals surface area contributed by atoms with Crippen molar-refractivity contribution in [2.45, 2.75) is 20.0 Å². The number of furan rings is 1. The Labute approximate surface area is 108 Å². The first kappa shape index (κ1) is 12.7. The molecule has 1 heterocycles. The predicted octanol–water partition coefficient (Wildman–Crippen LogP) is 3.26. The molecule has 0 unspecified atom stereocenters. The van der Waals surface area contributed by atoms with E-state index in [9.17, 15) is 0 Å². The van der Waals surface area contributed by atoms with Gasteiger partial charge in [-0.1, -0.05) is 12.1 Å². The van der Waals surface area contributed by atoms with Crippen molar-refractivity contribution in [2.75, 3.05) is 19.4 Å². The van der Waals surface area contributed by atoms with Crippen molar-refractivity contribution in [3.8, 4) is 0 Å². The average molecular weight is 244 g/mol. The van der Waals surface area contributed by atoms with Crippen LogP contribution in [-0.2, 0) is 13.1 Å². The van der Waals surface area contributed by atoms with E-state index in [4.69, 9.17) is 4.42 Å². The zero-order valence-corrected chi connectivity index (χ0v) is 11.2. The molecule has 0 spiro atoms. The highest BCUT2D eigenvalue weighted by atomic mass is 16.3. The lowest BCUT2D eigenvalue weighted by Gasteiger charge is -2.11. The van der Waals surface area contributed by atoms with Gasteiger partial charge in [-0.15, -0.1) is 0 Å². The molecule has 0 amide bonds. The molecule has 1 aromatic heterocycles. The minimum atomic E-state index is 0.721. The van der Waals surface area contributed by atoms with Crippen LogP contribution in [0.3, 0.4) is 0 Å². The molecule has 2 aromatic rings. The first-order valence-corrected chi connectivity index (χ1v) is 6.16. The number of anilines is 1. The van der Waals surface area contributed by atoms with Crippen molar-refractivity contribution in [3.05, 3.63) is 53.5 Å². The maximum absolute atomic E-state index is 5.53. The molecule has 18 heavy (non-hydrogen) atoms. The summed E-state index contributed by atoms with van der Waals surface area (Å²) in [6.07, 6.45) is 0. The summed E-state index contributed by atoms with van der Waals surface area (Å²) in [7, 11) is 4.15. The van der Waals surface area contributed by atoms with Crippen LogP contribution in [0.1, 0.15) is 17.1 Å². The summed E-state index contributed by atoms with van der Waals surface area (Å²) in [5.74, 6) is 1.92. The van der Waals surface area contributed by atoms with Crippen molar-refractivity contribution in [2.24, 2.45) is 0 Å². The molecule has 2 rings (SSSR count). The number of nitrogens with zero attached hydrogens (tertiary/aromatic N) is 1. The van der Waals surface area contributed by atoms with Gasteiger partial charge in [0.15, 0.2) is 0 Å². The van der Waals surface area contributed by atoms with Gasteiger partial charge >= 0.3 is 0 Å². The fourth-order valence-electron chi connectivity index (χ4n) is 1.91. The lowest BCUT2D eigenvalue weighted by Crippen LogP contribution is -2.10. The second kappa shape index (κ2) is 5.74. The normalized spacial score (nSPS) is 10.9. The molecule has 0 radical (unpaired) electrons. The third-order valence-corrected chi connectivity index (χ3v) is 2.69. The van der Waals surface area contributed by atoms with Crippen molar-refractivity contribution in [1.29, 1.82) is 0 Å². The number of hydrogen-bond acceptors (Lipinski definition) is 3. The van der Waals surface area contributed by atoms with Crippen LogP contribution in [0.25, 0.3) is 0 Å².